The number of aromatic nitrogens is 3. The third kappa shape index (κ3) is 4.85. The maximum Gasteiger partial charge on any atom is 0.274 e. The number of benzene rings is 2. The third-order valence-corrected chi connectivity index (χ3v) is 7.12. The lowest BCUT2D eigenvalue weighted by atomic mass is 9.95. The smallest absolute Gasteiger partial charge is 0.274 e. The summed E-state index contributed by atoms with van der Waals surface area (Å²) in [4.78, 5) is 45.3. The molecule has 0 saturated carbocycles. The molecular formula is C26H25N5O3S. The largest absolute Gasteiger partial charge is 0.337 e. The lowest BCUT2D eigenvalue weighted by Crippen LogP contribution is -2.42. The molecule has 1 saturated heterocycles. The highest BCUT2D eigenvalue weighted by atomic mass is 32.1. The number of rotatable bonds is 5. The van der Waals surface area contributed by atoms with Crippen molar-refractivity contribution in [2.75, 3.05) is 18.4 Å². The van der Waals surface area contributed by atoms with Gasteiger partial charge in [0.2, 0.25) is 5.91 Å². The summed E-state index contributed by atoms with van der Waals surface area (Å²) >= 11 is 1.40. The van der Waals surface area contributed by atoms with E-state index in [2.05, 4.69) is 15.4 Å². The standard InChI is InChI=1S/C26H25N5O3S/c1-17-16-35-26(27-17)28-23(32)19-11-13-30(14-12-19)25(34)22-20-9-5-6-10-21(20)24(33)31(29-22)15-18-7-3-2-4-8-18/h2-10,16,19H,11-15H2,1H3,(H,27,28,32). The number of hydrogen-bond acceptors (Lipinski definition) is 6. The monoisotopic (exact) mass is 487 g/mol. The number of likely N-dealkylation sites (tertiary alicyclic amines) is 1. The molecule has 1 fully saturated rings. The van der Waals surface area contributed by atoms with Crippen LogP contribution in [0, 0.1) is 12.8 Å². The molecule has 178 valence electrons. The second kappa shape index (κ2) is 9.79. The number of aryl methyl sites for hydroxylation is 1. The van der Waals surface area contributed by atoms with Gasteiger partial charge in [-0.1, -0.05) is 48.5 Å². The summed E-state index contributed by atoms with van der Waals surface area (Å²) in [6.07, 6.45) is 1.12. The molecule has 2 aromatic carbocycles. The highest BCUT2D eigenvalue weighted by Gasteiger charge is 2.30. The van der Waals surface area contributed by atoms with Crippen molar-refractivity contribution < 1.29 is 9.59 Å². The van der Waals surface area contributed by atoms with Crippen LogP contribution in [0.15, 0.2) is 64.8 Å². The number of piperidine rings is 1. The number of carbonyl (C=O) groups excluding carboxylic acids is 2. The molecule has 2 aromatic heterocycles. The Morgan fingerprint density at radius 2 is 1.71 bits per heavy atom. The molecule has 35 heavy (non-hydrogen) atoms. The van der Waals surface area contributed by atoms with E-state index in [-0.39, 0.29) is 35.5 Å². The van der Waals surface area contributed by atoms with Crippen LogP contribution in [0.25, 0.3) is 10.8 Å². The summed E-state index contributed by atoms with van der Waals surface area (Å²) in [7, 11) is 0. The zero-order valence-electron chi connectivity index (χ0n) is 19.3. The number of amides is 2. The van der Waals surface area contributed by atoms with E-state index in [1.807, 2.05) is 42.6 Å². The van der Waals surface area contributed by atoms with Crippen LogP contribution in [-0.4, -0.2) is 44.6 Å². The normalized spacial score (nSPS) is 14.3. The van der Waals surface area contributed by atoms with Gasteiger partial charge in [0.25, 0.3) is 11.5 Å². The second-order valence-electron chi connectivity index (χ2n) is 8.69. The van der Waals surface area contributed by atoms with E-state index in [9.17, 15) is 14.4 Å². The van der Waals surface area contributed by atoms with Crippen molar-refractivity contribution in [1.82, 2.24) is 19.7 Å². The summed E-state index contributed by atoms with van der Waals surface area (Å²) in [5.74, 6) is -0.469. The number of carbonyl (C=O) groups is 2. The molecule has 1 N–H and O–H groups in total. The average Bonchev–Trinajstić information content (AvgIpc) is 3.30. The van der Waals surface area contributed by atoms with E-state index in [1.165, 1.54) is 16.0 Å². The van der Waals surface area contributed by atoms with Crippen LogP contribution in [0.2, 0.25) is 0 Å². The molecule has 0 unspecified atom stereocenters. The minimum absolute atomic E-state index is 0.0635. The van der Waals surface area contributed by atoms with Crippen LogP contribution in [-0.2, 0) is 11.3 Å². The Bertz CT molecular complexity index is 1440. The van der Waals surface area contributed by atoms with E-state index in [0.29, 0.717) is 41.8 Å². The molecule has 4 aromatic rings. The van der Waals surface area contributed by atoms with E-state index in [4.69, 9.17) is 0 Å². The van der Waals surface area contributed by atoms with Gasteiger partial charge in [0.05, 0.1) is 17.6 Å². The highest BCUT2D eigenvalue weighted by Crippen LogP contribution is 2.23. The molecule has 1 aliphatic rings. The van der Waals surface area contributed by atoms with E-state index in [0.717, 1.165) is 11.3 Å². The molecule has 2 amide bonds. The molecule has 0 radical (unpaired) electrons. The zero-order chi connectivity index (χ0) is 24.4. The van der Waals surface area contributed by atoms with Gasteiger partial charge in [-0.05, 0) is 31.4 Å². The predicted molar refractivity (Wildman–Crippen MR) is 136 cm³/mol. The van der Waals surface area contributed by atoms with Gasteiger partial charge in [-0.2, -0.15) is 5.10 Å². The molecule has 0 spiro atoms. The van der Waals surface area contributed by atoms with Crippen molar-refractivity contribution in [3.8, 4) is 0 Å². The molecule has 3 heterocycles. The minimum Gasteiger partial charge on any atom is -0.337 e. The van der Waals surface area contributed by atoms with Crippen LogP contribution in [0.4, 0.5) is 5.13 Å². The Hall–Kier alpha value is -3.85. The lowest BCUT2D eigenvalue weighted by molar-refractivity contribution is -0.121. The van der Waals surface area contributed by atoms with Crippen molar-refractivity contribution in [3.63, 3.8) is 0 Å². The zero-order valence-corrected chi connectivity index (χ0v) is 20.1. The Morgan fingerprint density at radius 3 is 2.40 bits per heavy atom. The summed E-state index contributed by atoms with van der Waals surface area (Å²) in [5, 5.41) is 10.9. The number of nitrogens with one attached hydrogen (secondary N) is 1. The quantitative estimate of drug-likeness (QED) is 0.463. The first kappa shape index (κ1) is 22.9. The van der Waals surface area contributed by atoms with Gasteiger partial charge >= 0.3 is 0 Å². The number of hydrogen-bond donors (Lipinski definition) is 1. The summed E-state index contributed by atoms with van der Waals surface area (Å²) in [6, 6.07) is 16.7. The van der Waals surface area contributed by atoms with Crippen LogP contribution < -0.4 is 10.9 Å². The lowest BCUT2D eigenvalue weighted by Gasteiger charge is -2.31. The first-order chi connectivity index (χ1) is 17.0. The Balaban J connectivity index is 1.35. The van der Waals surface area contributed by atoms with Crippen LogP contribution in [0.3, 0.4) is 0 Å². The van der Waals surface area contributed by atoms with E-state index in [1.54, 1.807) is 29.2 Å². The third-order valence-electron chi connectivity index (χ3n) is 6.25. The van der Waals surface area contributed by atoms with Crippen molar-refractivity contribution >= 4 is 39.1 Å². The average molecular weight is 488 g/mol. The van der Waals surface area contributed by atoms with Gasteiger partial charge in [0.15, 0.2) is 10.8 Å². The van der Waals surface area contributed by atoms with Gasteiger partial charge in [0.1, 0.15) is 0 Å². The number of fused-ring (bicyclic) bond motifs is 1. The van der Waals surface area contributed by atoms with E-state index >= 15 is 0 Å². The molecule has 0 atom stereocenters. The number of anilines is 1. The fourth-order valence-electron chi connectivity index (χ4n) is 4.37. The van der Waals surface area contributed by atoms with Crippen LogP contribution in [0.1, 0.15) is 34.6 Å². The van der Waals surface area contributed by atoms with Crippen molar-refractivity contribution in [1.29, 1.82) is 0 Å². The number of nitrogens with zero attached hydrogens (tertiary/aromatic N) is 4. The van der Waals surface area contributed by atoms with E-state index < -0.39 is 0 Å². The Kier molecular flexibility index (Phi) is 6.41. The second-order valence-corrected chi connectivity index (χ2v) is 9.55. The summed E-state index contributed by atoms with van der Waals surface area (Å²) < 4.78 is 1.36. The molecule has 0 aliphatic carbocycles. The molecule has 0 bridgehead atoms. The maximum absolute atomic E-state index is 13.5. The van der Waals surface area contributed by atoms with Crippen molar-refractivity contribution in [2.24, 2.45) is 5.92 Å². The van der Waals surface area contributed by atoms with Gasteiger partial charge in [-0.25, -0.2) is 9.67 Å². The van der Waals surface area contributed by atoms with Gasteiger partial charge in [0, 0.05) is 29.8 Å². The van der Waals surface area contributed by atoms with Crippen molar-refractivity contribution in [3.05, 3.63) is 87.3 Å². The Labute approximate surface area is 206 Å². The van der Waals surface area contributed by atoms with Gasteiger partial charge in [-0.3, -0.25) is 14.4 Å². The fraction of sp³-hybridized carbons (Fsp3) is 0.269. The summed E-state index contributed by atoms with van der Waals surface area (Å²) in [5.41, 5.74) is 1.84. The first-order valence-electron chi connectivity index (χ1n) is 11.6. The molecule has 8 nitrogen and oxygen atoms in total. The predicted octanol–water partition coefficient (Wildman–Crippen LogP) is 3.70. The molecule has 9 heteroatoms. The molecule has 1 aliphatic heterocycles. The summed E-state index contributed by atoms with van der Waals surface area (Å²) in [6.45, 7) is 3.06. The fourth-order valence-corrected chi connectivity index (χ4v) is 5.06. The van der Waals surface area contributed by atoms with Gasteiger partial charge in [-0.15, -0.1) is 11.3 Å². The topological polar surface area (TPSA) is 97.2 Å². The highest BCUT2D eigenvalue weighted by molar-refractivity contribution is 7.13. The maximum atomic E-state index is 13.5. The SMILES string of the molecule is Cc1csc(NC(=O)C2CCN(C(=O)c3nn(Cc4ccccc4)c(=O)c4ccccc34)CC2)n1. The van der Waals surface area contributed by atoms with Gasteiger partial charge < -0.3 is 10.2 Å². The minimum atomic E-state index is -0.228. The number of thiazole rings is 1. The van der Waals surface area contributed by atoms with Crippen LogP contribution >= 0.6 is 11.3 Å². The molecular weight excluding hydrogens is 462 g/mol. The van der Waals surface area contributed by atoms with Crippen LogP contribution in [0.5, 0.6) is 0 Å². The Morgan fingerprint density at radius 1 is 1.03 bits per heavy atom. The molecule has 5 rings (SSSR count). The van der Waals surface area contributed by atoms with Crippen molar-refractivity contribution in [2.45, 2.75) is 26.3 Å². The first-order valence-corrected chi connectivity index (χ1v) is 12.4.